The van der Waals surface area contributed by atoms with E-state index in [2.05, 4.69) is 15.6 Å². The number of hydrogen-bond acceptors (Lipinski definition) is 7. The molecule has 2 amide bonds. The summed E-state index contributed by atoms with van der Waals surface area (Å²) < 4.78 is 0.871. The van der Waals surface area contributed by atoms with Crippen LogP contribution in [0.15, 0.2) is 24.3 Å². The summed E-state index contributed by atoms with van der Waals surface area (Å²) in [4.78, 5) is 43.6. The van der Waals surface area contributed by atoms with E-state index in [9.17, 15) is 19.5 Å². The number of ketones is 1. The number of thiazole rings is 1. The van der Waals surface area contributed by atoms with Crippen LogP contribution in [0.25, 0.3) is 10.2 Å². The van der Waals surface area contributed by atoms with Crippen molar-refractivity contribution in [2.24, 2.45) is 5.73 Å². The second-order valence-electron chi connectivity index (χ2n) is 7.47. The number of likely N-dealkylation sites (tertiary alicyclic amines) is 1. The van der Waals surface area contributed by atoms with Gasteiger partial charge in [-0.05, 0) is 25.0 Å². The average Bonchev–Trinajstić information content (AvgIpc) is 3.33. The average molecular weight is 447 g/mol. The van der Waals surface area contributed by atoms with Crippen LogP contribution in [0.1, 0.15) is 36.0 Å². The topological polar surface area (TPSA) is 162 Å². The molecule has 0 bridgehead atoms. The molecule has 1 aromatic carbocycles. The van der Waals surface area contributed by atoms with Crippen molar-refractivity contribution in [1.82, 2.24) is 20.5 Å². The Kier molecular flexibility index (Phi) is 7.18. The minimum Gasteiger partial charge on any atom is -0.391 e. The molecular formula is C20H26N6O4S. The molecule has 1 aliphatic rings. The number of fused-ring (bicyclic) bond motifs is 1. The van der Waals surface area contributed by atoms with E-state index in [4.69, 9.17) is 11.1 Å². The van der Waals surface area contributed by atoms with Crippen molar-refractivity contribution in [2.75, 3.05) is 13.1 Å². The molecule has 2 aromatic rings. The fraction of sp³-hybridized carbons (Fsp3) is 0.450. The molecule has 0 saturated carbocycles. The maximum absolute atomic E-state index is 13.2. The Morgan fingerprint density at radius 2 is 2.13 bits per heavy atom. The maximum Gasteiger partial charge on any atom is 0.243 e. The number of guanidine groups is 1. The normalized spacial score (nSPS) is 19.2. The number of para-hydroxylation sites is 1. The molecule has 0 unspecified atom stereocenters. The van der Waals surface area contributed by atoms with E-state index >= 15 is 0 Å². The molecule has 3 atom stereocenters. The van der Waals surface area contributed by atoms with Crippen LogP contribution in [-0.4, -0.2) is 69.8 Å². The van der Waals surface area contributed by atoms with E-state index in [1.54, 1.807) is 0 Å². The highest BCUT2D eigenvalue weighted by atomic mass is 32.1. The number of Topliss-reactive ketones (excluding diaryl/α,β-unsaturated/α-hetero) is 1. The van der Waals surface area contributed by atoms with Crippen molar-refractivity contribution in [3.63, 3.8) is 0 Å². The summed E-state index contributed by atoms with van der Waals surface area (Å²) >= 11 is 1.26. The largest absolute Gasteiger partial charge is 0.391 e. The number of nitrogens with zero attached hydrogens (tertiary/aromatic N) is 2. The van der Waals surface area contributed by atoms with Gasteiger partial charge in [0.2, 0.25) is 17.6 Å². The summed E-state index contributed by atoms with van der Waals surface area (Å²) in [5, 5.41) is 22.9. The third-order valence-corrected chi connectivity index (χ3v) is 6.16. The number of aromatic nitrogens is 1. The highest BCUT2D eigenvalue weighted by Gasteiger charge is 2.39. The third-order valence-electron chi connectivity index (χ3n) is 5.11. The van der Waals surface area contributed by atoms with Crippen LogP contribution >= 0.6 is 11.3 Å². The van der Waals surface area contributed by atoms with Gasteiger partial charge in [-0.1, -0.05) is 12.1 Å². The molecule has 10 nitrogen and oxygen atoms in total. The van der Waals surface area contributed by atoms with Gasteiger partial charge in [-0.15, -0.1) is 11.3 Å². The summed E-state index contributed by atoms with van der Waals surface area (Å²) in [6.45, 7) is 1.80. The number of aliphatic hydroxyl groups excluding tert-OH is 1. The summed E-state index contributed by atoms with van der Waals surface area (Å²) in [6, 6.07) is 5.71. The zero-order chi connectivity index (χ0) is 22.5. The molecule has 3 rings (SSSR count). The number of benzene rings is 1. The first-order valence-corrected chi connectivity index (χ1v) is 10.8. The molecule has 0 aliphatic carbocycles. The standard InChI is InChI=1S/C20H26N6O4S/c1-11(27)26-10-12(28)9-15(26)18(30)24-14(6-4-8-23-20(21)22)17(29)19-25-13-5-2-3-7-16(13)31-19/h2-3,5,7,12,14-15,28H,4,6,8-10H2,1H3,(H,24,30)(H4,21,22,23)/t12-,14-,15+/m1/s1. The zero-order valence-corrected chi connectivity index (χ0v) is 17.9. The van der Waals surface area contributed by atoms with Crippen molar-refractivity contribution in [3.05, 3.63) is 29.3 Å². The highest BCUT2D eigenvalue weighted by molar-refractivity contribution is 7.20. The van der Waals surface area contributed by atoms with Crippen LogP contribution in [0.2, 0.25) is 0 Å². The lowest BCUT2D eigenvalue weighted by Gasteiger charge is -2.24. The van der Waals surface area contributed by atoms with Gasteiger partial charge in [-0.3, -0.25) is 19.8 Å². The summed E-state index contributed by atoms with van der Waals surface area (Å²) in [7, 11) is 0. The van der Waals surface area contributed by atoms with Crippen molar-refractivity contribution >= 4 is 45.1 Å². The van der Waals surface area contributed by atoms with Gasteiger partial charge in [-0.2, -0.15) is 0 Å². The molecule has 2 heterocycles. The van der Waals surface area contributed by atoms with E-state index in [0.717, 1.165) is 4.70 Å². The molecule has 6 N–H and O–H groups in total. The Bertz CT molecular complexity index is 960. The number of aliphatic hydroxyl groups is 1. The summed E-state index contributed by atoms with van der Waals surface area (Å²) in [6.07, 6.45) is 0.123. The van der Waals surface area contributed by atoms with Gasteiger partial charge in [0.15, 0.2) is 11.0 Å². The number of hydrogen-bond donors (Lipinski definition) is 5. The van der Waals surface area contributed by atoms with Gasteiger partial charge in [0, 0.05) is 26.4 Å². The van der Waals surface area contributed by atoms with Gasteiger partial charge in [0.05, 0.1) is 22.4 Å². The van der Waals surface area contributed by atoms with E-state index in [0.29, 0.717) is 29.9 Å². The second kappa shape index (κ2) is 9.84. The number of β-amino-alcohol motifs (C(OH)–C–C–N with tert-alkyl or cyclic N) is 1. The Morgan fingerprint density at radius 3 is 2.81 bits per heavy atom. The number of nitrogens with two attached hydrogens (primary N) is 1. The fourth-order valence-corrected chi connectivity index (χ4v) is 4.56. The first-order chi connectivity index (χ1) is 14.8. The number of carbonyl (C=O) groups is 3. The van der Waals surface area contributed by atoms with Crippen molar-refractivity contribution in [1.29, 1.82) is 5.41 Å². The van der Waals surface area contributed by atoms with Crippen molar-refractivity contribution in [3.8, 4) is 0 Å². The van der Waals surface area contributed by atoms with Gasteiger partial charge >= 0.3 is 0 Å². The molecule has 31 heavy (non-hydrogen) atoms. The predicted octanol–water partition coefficient (Wildman–Crippen LogP) is 0.209. The molecule has 0 radical (unpaired) electrons. The molecule has 166 valence electrons. The van der Waals surface area contributed by atoms with Crippen LogP contribution in [0.3, 0.4) is 0 Å². The van der Waals surface area contributed by atoms with Gasteiger partial charge in [0.1, 0.15) is 6.04 Å². The molecular weight excluding hydrogens is 420 g/mol. The lowest BCUT2D eigenvalue weighted by molar-refractivity contribution is -0.137. The highest BCUT2D eigenvalue weighted by Crippen LogP contribution is 2.24. The van der Waals surface area contributed by atoms with Crippen molar-refractivity contribution < 1.29 is 19.5 Å². The predicted molar refractivity (Wildman–Crippen MR) is 117 cm³/mol. The molecule has 1 fully saturated rings. The molecule has 1 saturated heterocycles. The van der Waals surface area contributed by atoms with Crippen LogP contribution in [0.5, 0.6) is 0 Å². The Labute approximate surface area is 183 Å². The number of amides is 2. The fourth-order valence-electron chi connectivity index (χ4n) is 3.60. The summed E-state index contributed by atoms with van der Waals surface area (Å²) in [5.41, 5.74) is 6.00. The minimum atomic E-state index is -0.853. The Morgan fingerprint density at radius 1 is 1.39 bits per heavy atom. The minimum absolute atomic E-state index is 0.0897. The maximum atomic E-state index is 13.2. The molecule has 11 heteroatoms. The number of carbonyl (C=O) groups excluding carboxylic acids is 3. The van der Waals surface area contributed by atoms with Crippen molar-refractivity contribution in [2.45, 2.75) is 44.4 Å². The molecule has 0 spiro atoms. The lowest BCUT2D eigenvalue weighted by atomic mass is 10.1. The van der Waals surface area contributed by atoms with Gasteiger partial charge in [0.25, 0.3) is 0 Å². The third kappa shape index (κ3) is 5.56. The SMILES string of the molecule is CC(=O)N1C[C@H](O)C[C@H]1C(=O)N[C@H](CCCNC(=N)N)C(=O)c1nc2ccccc2s1. The number of nitrogens with one attached hydrogen (secondary N) is 3. The van der Waals surface area contributed by atoms with E-state index < -0.39 is 24.1 Å². The first-order valence-electron chi connectivity index (χ1n) is 9.99. The molecule has 1 aromatic heterocycles. The Balaban J connectivity index is 1.76. The van der Waals surface area contributed by atoms with Crippen LogP contribution in [0, 0.1) is 5.41 Å². The van der Waals surface area contributed by atoms with Crippen LogP contribution < -0.4 is 16.4 Å². The van der Waals surface area contributed by atoms with Gasteiger partial charge < -0.3 is 26.4 Å². The van der Waals surface area contributed by atoms with E-state index in [1.165, 1.54) is 23.2 Å². The zero-order valence-electron chi connectivity index (χ0n) is 17.1. The molecule has 1 aliphatic heterocycles. The number of rotatable bonds is 8. The lowest BCUT2D eigenvalue weighted by Crippen LogP contribution is -2.50. The van der Waals surface area contributed by atoms with E-state index in [-0.39, 0.29) is 30.6 Å². The van der Waals surface area contributed by atoms with Gasteiger partial charge in [-0.25, -0.2) is 4.98 Å². The summed E-state index contributed by atoms with van der Waals surface area (Å²) in [5.74, 6) is -1.28. The monoisotopic (exact) mass is 446 g/mol. The second-order valence-corrected chi connectivity index (χ2v) is 8.50. The van der Waals surface area contributed by atoms with Crippen LogP contribution in [0.4, 0.5) is 0 Å². The quantitative estimate of drug-likeness (QED) is 0.168. The smallest absolute Gasteiger partial charge is 0.243 e. The first kappa shape index (κ1) is 22.6. The van der Waals surface area contributed by atoms with E-state index in [1.807, 2.05) is 24.3 Å². The van der Waals surface area contributed by atoms with Crippen LogP contribution in [-0.2, 0) is 9.59 Å². The Hall–Kier alpha value is -3.05.